The molecule has 3 rings (SSSR count). The summed E-state index contributed by atoms with van der Waals surface area (Å²) in [6.45, 7) is 9.85. The molecule has 1 saturated heterocycles. The third-order valence-electron chi connectivity index (χ3n) is 5.60. The number of hydrogen-bond donors (Lipinski definition) is 2. The Labute approximate surface area is 186 Å². The summed E-state index contributed by atoms with van der Waals surface area (Å²) < 4.78 is 13.3. The van der Waals surface area contributed by atoms with Crippen LogP contribution in [0.1, 0.15) is 30.0 Å². The number of guanidine groups is 1. The molecule has 168 valence electrons. The third-order valence-corrected chi connectivity index (χ3v) is 5.60. The lowest BCUT2D eigenvalue weighted by Crippen LogP contribution is -2.38. The van der Waals surface area contributed by atoms with Crippen molar-refractivity contribution in [3.8, 4) is 0 Å². The van der Waals surface area contributed by atoms with Crippen molar-refractivity contribution in [3.63, 3.8) is 0 Å². The monoisotopic (exact) mass is 425 g/mol. The minimum Gasteiger partial charge on any atom is -0.357 e. The summed E-state index contributed by atoms with van der Waals surface area (Å²) in [6.07, 6.45) is 1.99. The van der Waals surface area contributed by atoms with Crippen LogP contribution in [0.2, 0.25) is 0 Å². The summed E-state index contributed by atoms with van der Waals surface area (Å²) in [6, 6.07) is 15.6. The van der Waals surface area contributed by atoms with Gasteiger partial charge in [0, 0.05) is 32.7 Å². The van der Waals surface area contributed by atoms with Gasteiger partial charge >= 0.3 is 0 Å². The van der Waals surface area contributed by atoms with Gasteiger partial charge < -0.3 is 15.5 Å². The number of nitrogens with one attached hydrogen (secondary N) is 2. The Hall–Kier alpha value is -2.44. The Morgan fingerprint density at radius 2 is 1.77 bits per heavy atom. The van der Waals surface area contributed by atoms with Crippen molar-refractivity contribution in [3.05, 3.63) is 71.0 Å². The fourth-order valence-corrected chi connectivity index (χ4v) is 3.80. The van der Waals surface area contributed by atoms with Crippen LogP contribution in [0.25, 0.3) is 0 Å². The summed E-state index contributed by atoms with van der Waals surface area (Å²) in [7, 11) is 2.21. The van der Waals surface area contributed by atoms with Gasteiger partial charge in [-0.15, -0.1) is 0 Å². The Kier molecular flexibility index (Phi) is 9.31. The predicted molar refractivity (Wildman–Crippen MR) is 127 cm³/mol. The van der Waals surface area contributed by atoms with Crippen LogP contribution >= 0.6 is 0 Å². The van der Waals surface area contributed by atoms with Gasteiger partial charge in [0.2, 0.25) is 0 Å². The Bertz CT molecular complexity index is 821. The highest BCUT2D eigenvalue weighted by Gasteiger charge is 2.12. The van der Waals surface area contributed by atoms with E-state index in [1.165, 1.54) is 36.7 Å². The van der Waals surface area contributed by atoms with Crippen molar-refractivity contribution < 1.29 is 4.39 Å². The van der Waals surface area contributed by atoms with Gasteiger partial charge in [-0.2, -0.15) is 0 Å². The molecule has 0 bridgehead atoms. The number of hydrogen-bond acceptors (Lipinski definition) is 3. The molecule has 0 aromatic heterocycles. The highest BCUT2D eigenvalue weighted by molar-refractivity contribution is 5.79. The van der Waals surface area contributed by atoms with Crippen molar-refractivity contribution in [2.24, 2.45) is 4.99 Å². The second-order valence-corrected chi connectivity index (χ2v) is 8.25. The molecule has 1 heterocycles. The lowest BCUT2D eigenvalue weighted by Gasteiger charge is -2.20. The fourth-order valence-electron chi connectivity index (χ4n) is 3.80. The second kappa shape index (κ2) is 12.4. The maximum atomic E-state index is 13.3. The SMILES string of the molecule is CCNC(=NCc1ccc(CN2CCCN(C)CC2)cc1)NCCc1cccc(F)c1. The van der Waals surface area contributed by atoms with E-state index in [1.807, 2.05) is 6.07 Å². The smallest absolute Gasteiger partial charge is 0.191 e. The van der Waals surface area contributed by atoms with Crippen molar-refractivity contribution >= 4 is 5.96 Å². The molecule has 0 amide bonds. The molecule has 2 N–H and O–H groups in total. The maximum Gasteiger partial charge on any atom is 0.191 e. The first-order valence-electron chi connectivity index (χ1n) is 11.4. The molecule has 0 unspecified atom stereocenters. The lowest BCUT2D eigenvalue weighted by atomic mass is 10.1. The highest BCUT2D eigenvalue weighted by atomic mass is 19.1. The van der Waals surface area contributed by atoms with E-state index in [1.54, 1.807) is 12.1 Å². The summed E-state index contributed by atoms with van der Waals surface area (Å²) in [5.74, 6) is 0.598. The molecule has 2 aromatic carbocycles. The largest absolute Gasteiger partial charge is 0.357 e. The number of nitrogens with zero attached hydrogens (tertiary/aromatic N) is 3. The van der Waals surface area contributed by atoms with Crippen LogP contribution in [-0.2, 0) is 19.5 Å². The molecular formula is C25H36FN5. The van der Waals surface area contributed by atoms with Gasteiger partial charge in [-0.05, 0) is 68.7 Å². The van der Waals surface area contributed by atoms with Gasteiger partial charge in [0.25, 0.3) is 0 Å². The van der Waals surface area contributed by atoms with Crippen molar-refractivity contribution in [2.45, 2.75) is 32.9 Å². The van der Waals surface area contributed by atoms with Crippen molar-refractivity contribution in [2.75, 3.05) is 46.3 Å². The lowest BCUT2D eigenvalue weighted by molar-refractivity contribution is 0.269. The molecule has 5 nitrogen and oxygen atoms in total. The molecule has 0 spiro atoms. The van der Waals surface area contributed by atoms with Crippen LogP contribution in [-0.4, -0.2) is 62.1 Å². The van der Waals surface area contributed by atoms with Gasteiger partial charge in [0.1, 0.15) is 5.82 Å². The normalized spacial score (nSPS) is 16.2. The van der Waals surface area contributed by atoms with Crippen LogP contribution in [0.3, 0.4) is 0 Å². The number of likely N-dealkylation sites (N-methyl/N-ethyl adjacent to an activating group) is 1. The van der Waals surface area contributed by atoms with Gasteiger partial charge in [-0.25, -0.2) is 9.38 Å². The second-order valence-electron chi connectivity index (χ2n) is 8.25. The summed E-state index contributed by atoms with van der Waals surface area (Å²) in [5.41, 5.74) is 3.54. The third kappa shape index (κ3) is 8.31. The minimum atomic E-state index is -0.190. The molecule has 0 atom stereocenters. The highest BCUT2D eigenvalue weighted by Crippen LogP contribution is 2.11. The van der Waals surface area contributed by atoms with Crippen LogP contribution in [0, 0.1) is 5.82 Å². The molecular weight excluding hydrogens is 389 g/mol. The standard InChI is InChI=1S/C25H36FN5/c1-3-27-25(28-13-12-21-6-4-7-24(26)18-21)29-19-22-8-10-23(11-9-22)20-31-15-5-14-30(2)16-17-31/h4,6-11,18H,3,5,12-17,19-20H2,1-2H3,(H2,27,28,29). The van der Waals surface area contributed by atoms with Crippen molar-refractivity contribution in [1.82, 2.24) is 20.4 Å². The molecule has 6 heteroatoms. The molecule has 31 heavy (non-hydrogen) atoms. The average molecular weight is 426 g/mol. The number of rotatable bonds is 8. The van der Waals surface area contributed by atoms with Crippen LogP contribution in [0.15, 0.2) is 53.5 Å². The Morgan fingerprint density at radius 1 is 0.968 bits per heavy atom. The Balaban J connectivity index is 1.48. The van der Waals surface area contributed by atoms with Gasteiger partial charge in [-0.1, -0.05) is 36.4 Å². The van der Waals surface area contributed by atoms with E-state index in [2.05, 4.69) is 58.7 Å². The molecule has 1 aliphatic heterocycles. The fraction of sp³-hybridized carbons (Fsp3) is 0.480. The van der Waals surface area contributed by atoms with E-state index in [0.717, 1.165) is 44.1 Å². The van der Waals surface area contributed by atoms with E-state index in [4.69, 9.17) is 4.99 Å². The van der Waals surface area contributed by atoms with E-state index in [-0.39, 0.29) is 5.82 Å². The van der Waals surface area contributed by atoms with Crippen LogP contribution in [0.5, 0.6) is 0 Å². The van der Waals surface area contributed by atoms with Crippen LogP contribution in [0.4, 0.5) is 4.39 Å². The first kappa shape index (κ1) is 23.2. The van der Waals surface area contributed by atoms with Crippen LogP contribution < -0.4 is 10.6 Å². The Morgan fingerprint density at radius 3 is 2.55 bits per heavy atom. The first-order chi connectivity index (χ1) is 15.1. The maximum absolute atomic E-state index is 13.3. The molecule has 1 fully saturated rings. The average Bonchev–Trinajstić information content (AvgIpc) is 2.97. The van der Waals surface area contributed by atoms with Gasteiger partial charge in [0.05, 0.1) is 6.54 Å². The van der Waals surface area contributed by atoms with Crippen molar-refractivity contribution in [1.29, 1.82) is 0 Å². The summed E-state index contributed by atoms with van der Waals surface area (Å²) in [4.78, 5) is 9.66. The first-order valence-corrected chi connectivity index (χ1v) is 11.4. The quantitative estimate of drug-likeness (QED) is 0.503. The zero-order valence-electron chi connectivity index (χ0n) is 18.9. The number of benzene rings is 2. The molecule has 0 radical (unpaired) electrons. The van der Waals surface area contributed by atoms with E-state index < -0.39 is 0 Å². The van der Waals surface area contributed by atoms with Gasteiger partial charge in [-0.3, -0.25) is 4.90 Å². The topological polar surface area (TPSA) is 42.9 Å². The van der Waals surface area contributed by atoms with E-state index in [9.17, 15) is 4.39 Å². The molecule has 0 saturated carbocycles. The zero-order chi connectivity index (χ0) is 21.9. The summed E-state index contributed by atoms with van der Waals surface area (Å²) in [5, 5.41) is 6.62. The zero-order valence-corrected chi connectivity index (χ0v) is 18.9. The minimum absolute atomic E-state index is 0.190. The van der Waals surface area contributed by atoms with E-state index >= 15 is 0 Å². The van der Waals surface area contributed by atoms with Gasteiger partial charge in [0.15, 0.2) is 5.96 Å². The number of aliphatic imine (C=N–C) groups is 1. The predicted octanol–water partition coefficient (Wildman–Crippen LogP) is 3.26. The summed E-state index contributed by atoms with van der Waals surface area (Å²) >= 11 is 0. The number of halogens is 1. The molecule has 0 aliphatic carbocycles. The van der Waals surface area contributed by atoms with E-state index in [0.29, 0.717) is 13.1 Å². The molecule has 1 aliphatic rings. The molecule has 2 aromatic rings.